The van der Waals surface area contributed by atoms with Gasteiger partial charge in [-0.25, -0.2) is 0 Å². The molecule has 5 rings (SSSR count). The molecule has 3 heterocycles. The first-order valence-corrected chi connectivity index (χ1v) is 9.50. The molecular formula is C23H21NO4. The molecule has 2 fully saturated rings. The predicted octanol–water partition coefficient (Wildman–Crippen LogP) is 2.73. The van der Waals surface area contributed by atoms with Crippen LogP contribution in [0.25, 0.3) is 0 Å². The van der Waals surface area contributed by atoms with E-state index in [0.29, 0.717) is 6.54 Å². The lowest BCUT2D eigenvalue weighted by molar-refractivity contribution is -0.151. The number of carbonyl (C=O) groups is 2. The Morgan fingerprint density at radius 2 is 1.71 bits per heavy atom. The summed E-state index contributed by atoms with van der Waals surface area (Å²) in [6.45, 7) is 0.422. The van der Waals surface area contributed by atoms with Gasteiger partial charge in [0.15, 0.2) is 0 Å². The third-order valence-corrected chi connectivity index (χ3v) is 6.15. The van der Waals surface area contributed by atoms with E-state index in [1.165, 1.54) is 7.11 Å². The standard InChI is InChI=1S/C23H21NO4/c1-27-22(26)18-17-12-13-23(28-17)14-24(21(25)19(18)23)20(15-8-4-2-5-9-15)16-10-6-3-7-11-16/h2-13,17-20H,14H2,1H3/t17-,18-,19+,23-/m1/s1. The van der Waals surface area contributed by atoms with Crippen molar-refractivity contribution in [2.75, 3.05) is 13.7 Å². The average Bonchev–Trinajstić information content (AvgIpc) is 3.38. The number of likely N-dealkylation sites (tertiary alicyclic amines) is 1. The van der Waals surface area contributed by atoms with Crippen molar-refractivity contribution in [3.8, 4) is 0 Å². The molecule has 2 aromatic rings. The number of esters is 1. The minimum absolute atomic E-state index is 0.0556. The monoisotopic (exact) mass is 375 g/mol. The maximum Gasteiger partial charge on any atom is 0.312 e. The van der Waals surface area contributed by atoms with Crippen LogP contribution in [0.4, 0.5) is 0 Å². The van der Waals surface area contributed by atoms with Gasteiger partial charge in [-0.1, -0.05) is 72.8 Å². The Morgan fingerprint density at radius 1 is 1.11 bits per heavy atom. The molecule has 0 aliphatic carbocycles. The zero-order chi connectivity index (χ0) is 19.3. The largest absolute Gasteiger partial charge is 0.469 e. The second kappa shape index (κ2) is 6.31. The van der Waals surface area contributed by atoms with Crippen molar-refractivity contribution < 1.29 is 19.1 Å². The quantitative estimate of drug-likeness (QED) is 0.609. The van der Waals surface area contributed by atoms with E-state index < -0.39 is 17.4 Å². The first kappa shape index (κ1) is 17.2. The Labute approximate surface area is 163 Å². The van der Waals surface area contributed by atoms with Crippen molar-refractivity contribution in [1.29, 1.82) is 0 Å². The molecule has 3 aliphatic rings. The summed E-state index contributed by atoms with van der Waals surface area (Å²) in [5.41, 5.74) is 1.32. The van der Waals surface area contributed by atoms with Crippen LogP contribution in [0.1, 0.15) is 17.2 Å². The van der Waals surface area contributed by atoms with E-state index in [4.69, 9.17) is 9.47 Å². The summed E-state index contributed by atoms with van der Waals surface area (Å²) in [4.78, 5) is 27.9. The number of nitrogens with zero attached hydrogens (tertiary/aromatic N) is 1. The Bertz CT molecular complexity index is 902. The molecular weight excluding hydrogens is 354 g/mol. The van der Waals surface area contributed by atoms with Gasteiger partial charge in [0.25, 0.3) is 0 Å². The van der Waals surface area contributed by atoms with Crippen molar-refractivity contribution in [3.63, 3.8) is 0 Å². The molecule has 1 amide bonds. The Hall–Kier alpha value is -2.92. The maximum atomic E-state index is 13.6. The topological polar surface area (TPSA) is 55.8 Å². The van der Waals surface area contributed by atoms with Gasteiger partial charge < -0.3 is 14.4 Å². The van der Waals surface area contributed by atoms with Gasteiger partial charge in [-0.3, -0.25) is 9.59 Å². The first-order chi connectivity index (χ1) is 13.6. The number of benzene rings is 2. The Kier molecular flexibility index (Phi) is 3.88. The molecule has 142 valence electrons. The van der Waals surface area contributed by atoms with Crippen LogP contribution < -0.4 is 0 Å². The van der Waals surface area contributed by atoms with Gasteiger partial charge in [0.05, 0.1) is 31.7 Å². The third-order valence-electron chi connectivity index (χ3n) is 6.15. The average molecular weight is 375 g/mol. The van der Waals surface area contributed by atoms with E-state index in [-0.39, 0.29) is 24.0 Å². The highest BCUT2D eigenvalue weighted by Crippen LogP contribution is 2.54. The molecule has 2 saturated heterocycles. The zero-order valence-electron chi connectivity index (χ0n) is 15.5. The zero-order valence-corrected chi connectivity index (χ0v) is 15.5. The molecule has 0 unspecified atom stereocenters. The second-order valence-electron chi connectivity index (χ2n) is 7.61. The van der Waals surface area contributed by atoms with Crippen LogP contribution in [0.15, 0.2) is 72.8 Å². The van der Waals surface area contributed by atoms with Crippen LogP contribution in [0.3, 0.4) is 0 Å². The van der Waals surface area contributed by atoms with Gasteiger partial charge in [-0.2, -0.15) is 0 Å². The van der Waals surface area contributed by atoms with Crippen LogP contribution in [0, 0.1) is 11.8 Å². The summed E-state index contributed by atoms with van der Waals surface area (Å²) in [5.74, 6) is -1.56. The van der Waals surface area contributed by atoms with Gasteiger partial charge >= 0.3 is 5.97 Å². The van der Waals surface area contributed by atoms with E-state index in [9.17, 15) is 9.59 Å². The van der Waals surface area contributed by atoms with Crippen LogP contribution in [-0.2, 0) is 19.1 Å². The molecule has 1 spiro atoms. The number of methoxy groups -OCH3 is 1. The van der Waals surface area contributed by atoms with Crippen LogP contribution in [-0.4, -0.2) is 42.1 Å². The number of amides is 1. The summed E-state index contributed by atoms with van der Waals surface area (Å²) >= 11 is 0. The molecule has 5 nitrogen and oxygen atoms in total. The van der Waals surface area contributed by atoms with Crippen LogP contribution >= 0.6 is 0 Å². The Balaban J connectivity index is 1.58. The maximum absolute atomic E-state index is 13.6. The van der Waals surface area contributed by atoms with Gasteiger partial charge in [0.2, 0.25) is 5.91 Å². The number of hydrogen-bond donors (Lipinski definition) is 0. The summed E-state index contributed by atoms with van der Waals surface area (Å²) in [6, 6.07) is 19.7. The van der Waals surface area contributed by atoms with Crippen molar-refractivity contribution in [2.24, 2.45) is 11.8 Å². The smallest absolute Gasteiger partial charge is 0.312 e. The lowest BCUT2D eigenvalue weighted by Crippen LogP contribution is -2.40. The number of carbonyl (C=O) groups excluding carboxylic acids is 2. The fraction of sp³-hybridized carbons (Fsp3) is 0.304. The third kappa shape index (κ3) is 2.36. The van der Waals surface area contributed by atoms with E-state index in [0.717, 1.165) is 11.1 Å². The molecule has 0 radical (unpaired) electrons. The molecule has 0 aromatic heterocycles. The lowest BCUT2D eigenvalue weighted by atomic mass is 9.77. The first-order valence-electron chi connectivity index (χ1n) is 9.50. The highest BCUT2D eigenvalue weighted by Gasteiger charge is 2.68. The molecule has 4 atom stereocenters. The minimum atomic E-state index is -0.748. The van der Waals surface area contributed by atoms with Crippen molar-refractivity contribution in [2.45, 2.75) is 17.7 Å². The highest BCUT2D eigenvalue weighted by molar-refractivity contribution is 5.91. The molecule has 5 heteroatoms. The van der Waals surface area contributed by atoms with Crippen LogP contribution in [0.5, 0.6) is 0 Å². The normalized spacial score (nSPS) is 30.1. The van der Waals surface area contributed by atoms with Crippen molar-refractivity contribution in [1.82, 2.24) is 4.90 Å². The van der Waals surface area contributed by atoms with E-state index in [1.807, 2.05) is 77.7 Å². The molecule has 3 aliphatic heterocycles. The summed E-state index contributed by atoms with van der Waals surface area (Å²) in [6.07, 6.45) is 3.48. The molecule has 2 aromatic carbocycles. The predicted molar refractivity (Wildman–Crippen MR) is 102 cm³/mol. The lowest BCUT2D eigenvalue weighted by Gasteiger charge is -2.31. The fourth-order valence-electron chi connectivity index (χ4n) is 4.97. The molecule has 28 heavy (non-hydrogen) atoms. The van der Waals surface area contributed by atoms with Gasteiger partial charge in [0.1, 0.15) is 11.5 Å². The fourth-order valence-corrected chi connectivity index (χ4v) is 4.97. The van der Waals surface area contributed by atoms with Gasteiger partial charge in [-0.15, -0.1) is 0 Å². The van der Waals surface area contributed by atoms with E-state index in [1.54, 1.807) is 0 Å². The van der Waals surface area contributed by atoms with Crippen molar-refractivity contribution >= 4 is 11.9 Å². The van der Waals surface area contributed by atoms with Gasteiger partial charge in [-0.05, 0) is 11.1 Å². The van der Waals surface area contributed by atoms with E-state index >= 15 is 0 Å². The van der Waals surface area contributed by atoms with Crippen molar-refractivity contribution in [3.05, 3.63) is 83.9 Å². The summed E-state index contributed by atoms with van der Waals surface area (Å²) in [5, 5.41) is 0. The minimum Gasteiger partial charge on any atom is -0.469 e. The highest BCUT2D eigenvalue weighted by atomic mass is 16.5. The Morgan fingerprint density at radius 3 is 2.29 bits per heavy atom. The van der Waals surface area contributed by atoms with E-state index in [2.05, 4.69) is 0 Å². The SMILES string of the molecule is COC(=O)[C@H]1[C@H]2C(=O)N(C(c3ccccc3)c3ccccc3)C[C@]23C=C[C@H]1O3. The molecule has 0 saturated carbocycles. The summed E-state index contributed by atoms with van der Waals surface area (Å²) < 4.78 is 11.1. The molecule has 0 N–H and O–H groups in total. The van der Waals surface area contributed by atoms with Crippen LogP contribution in [0.2, 0.25) is 0 Å². The number of hydrogen-bond acceptors (Lipinski definition) is 4. The number of fused-ring (bicyclic) bond motifs is 1. The number of ether oxygens (including phenoxy) is 2. The summed E-state index contributed by atoms with van der Waals surface area (Å²) in [7, 11) is 1.36. The number of rotatable bonds is 4. The second-order valence-corrected chi connectivity index (χ2v) is 7.61. The molecule has 2 bridgehead atoms. The van der Waals surface area contributed by atoms with Gasteiger partial charge in [0, 0.05) is 0 Å².